The average molecular weight is 238 g/mol. The molecule has 2 N–H and O–H groups in total. The summed E-state index contributed by atoms with van der Waals surface area (Å²) < 4.78 is 5.36. The van der Waals surface area contributed by atoms with Crippen LogP contribution in [0.1, 0.15) is 29.9 Å². The van der Waals surface area contributed by atoms with Crippen LogP contribution in [0.5, 0.6) is 0 Å². The highest BCUT2D eigenvalue weighted by Gasteiger charge is 2.12. The Kier molecular flexibility index (Phi) is 4.90. The van der Waals surface area contributed by atoms with Crippen molar-refractivity contribution in [3.05, 3.63) is 23.4 Å². The zero-order chi connectivity index (χ0) is 12.8. The van der Waals surface area contributed by atoms with E-state index in [2.05, 4.69) is 10.3 Å². The largest absolute Gasteiger partial charge is 0.478 e. The van der Waals surface area contributed by atoms with Gasteiger partial charge >= 0.3 is 5.97 Å². The predicted molar refractivity (Wildman–Crippen MR) is 65.5 cm³/mol. The highest BCUT2D eigenvalue weighted by molar-refractivity contribution is 5.93. The number of nitrogens with zero attached hydrogens (tertiary/aromatic N) is 1. The summed E-state index contributed by atoms with van der Waals surface area (Å²) in [6.45, 7) is 6.83. The quantitative estimate of drug-likeness (QED) is 0.792. The molecular formula is C12H18N2O3. The van der Waals surface area contributed by atoms with E-state index in [1.807, 2.05) is 20.8 Å². The fourth-order valence-corrected chi connectivity index (χ4v) is 1.45. The number of aromatic nitrogens is 1. The summed E-state index contributed by atoms with van der Waals surface area (Å²) in [6, 6.07) is 3.24. The number of carboxylic acid groups (broad SMARTS) is 1. The molecule has 1 aromatic rings. The second kappa shape index (κ2) is 6.20. The van der Waals surface area contributed by atoms with Crippen molar-refractivity contribution in [3.8, 4) is 0 Å². The molecule has 0 radical (unpaired) electrons. The van der Waals surface area contributed by atoms with Crippen LogP contribution in [0.3, 0.4) is 0 Å². The summed E-state index contributed by atoms with van der Waals surface area (Å²) in [5.41, 5.74) is 0.959. The van der Waals surface area contributed by atoms with Crippen LogP contribution < -0.4 is 5.32 Å². The van der Waals surface area contributed by atoms with E-state index in [-0.39, 0.29) is 11.7 Å². The van der Waals surface area contributed by atoms with Crippen molar-refractivity contribution >= 4 is 11.8 Å². The maximum atomic E-state index is 11.0. The number of hydrogen-bond acceptors (Lipinski definition) is 4. The van der Waals surface area contributed by atoms with Crippen LogP contribution >= 0.6 is 0 Å². The second-order valence-corrected chi connectivity index (χ2v) is 3.80. The maximum absolute atomic E-state index is 11.0. The molecule has 1 atom stereocenters. The first kappa shape index (κ1) is 13.4. The summed E-state index contributed by atoms with van der Waals surface area (Å²) in [4.78, 5) is 15.2. The van der Waals surface area contributed by atoms with Crippen molar-refractivity contribution in [2.75, 3.05) is 18.5 Å². The molecule has 0 aliphatic heterocycles. The van der Waals surface area contributed by atoms with Gasteiger partial charge in [0.25, 0.3) is 0 Å². The number of ether oxygens (including phenoxy) is 1. The molecule has 1 unspecified atom stereocenters. The Balaban J connectivity index is 2.75. The summed E-state index contributed by atoms with van der Waals surface area (Å²) in [6.07, 6.45) is 0.0176. The molecule has 0 fully saturated rings. The van der Waals surface area contributed by atoms with Gasteiger partial charge in [0.1, 0.15) is 11.4 Å². The monoisotopic (exact) mass is 238 g/mol. The molecule has 1 rings (SSSR count). The van der Waals surface area contributed by atoms with E-state index < -0.39 is 5.97 Å². The van der Waals surface area contributed by atoms with Crippen LogP contribution in [-0.4, -0.2) is 35.3 Å². The molecule has 0 aliphatic carbocycles. The first-order valence-corrected chi connectivity index (χ1v) is 5.61. The van der Waals surface area contributed by atoms with Crippen LogP contribution in [0.25, 0.3) is 0 Å². The van der Waals surface area contributed by atoms with E-state index in [9.17, 15) is 4.79 Å². The van der Waals surface area contributed by atoms with E-state index in [4.69, 9.17) is 9.84 Å². The molecule has 5 nitrogen and oxygen atoms in total. The highest BCUT2D eigenvalue weighted by atomic mass is 16.5. The number of pyridine rings is 1. The van der Waals surface area contributed by atoms with E-state index in [0.29, 0.717) is 19.0 Å². The van der Waals surface area contributed by atoms with Gasteiger partial charge < -0.3 is 15.2 Å². The van der Waals surface area contributed by atoms with Crippen LogP contribution in [0.2, 0.25) is 0 Å². The van der Waals surface area contributed by atoms with Gasteiger partial charge in [-0.1, -0.05) is 0 Å². The SMILES string of the molecule is CCOC(C)CNc1nc(C)ccc1C(=O)O. The first-order valence-electron chi connectivity index (χ1n) is 5.61. The van der Waals surface area contributed by atoms with Crippen LogP contribution in [-0.2, 0) is 4.74 Å². The third-order valence-corrected chi connectivity index (χ3v) is 2.27. The van der Waals surface area contributed by atoms with Gasteiger partial charge in [-0.25, -0.2) is 9.78 Å². The van der Waals surface area contributed by atoms with Crippen molar-refractivity contribution in [1.82, 2.24) is 4.98 Å². The molecule has 0 aromatic carbocycles. The van der Waals surface area contributed by atoms with Gasteiger partial charge in [0.2, 0.25) is 0 Å². The van der Waals surface area contributed by atoms with Gasteiger partial charge in [0.05, 0.1) is 6.10 Å². The van der Waals surface area contributed by atoms with Gasteiger partial charge in [0, 0.05) is 18.8 Å². The van der Waals surface area contributed by atoms with E-state index >= 15 is 0 Å². The number of aromatic carboxylic acids is 1. The number of aryl methyl sites for hydroxylation is 1. The summed E-state index contributed by atoms with van der Waals surface area (Å²) >= 11 is 0. The Labute approximate surface area is 101 Å². The molecule has 1 heterocycles. The molecule has 1 aromatic heterocycles. The normalized spacial score (nSPS) is 12.2. The maximum Gasteiger partial charge on any atom is 0.339 e. The number of nitrogens with one attached hydrogen (secondary N) is 1. The number of anilines is 1. The lowest BCUT2D eigenvalue weighted by Crippen LogP contribution is -2.21. The van der Waals surface area contributed by atoms with Gasteiger partial charge in [-0.15, -0.1) is 0 Å². The van der Waals surface area contributed by atoms with Gasteiger partial charge in [-0.05, 0) is 32.9 Å². The van der Waals surface area contributed by atoms with Gasteiger partial charge in [-0.3, -0.25) is 0 Å². The third-order valence-electron chi connectivity index (χ3n) is 2.27. The molecular weight excluding hydrogens is 220 g/mol. The summed E-state index contributed by atoms with van der Waals surface area (Å²) in [7, 11) is 0. The Morgan fingerprint density at radius 2 is 2.29 bits per heavy atom. The number of rotatable bonds is 6. The molecule has 0 aliphatic rings. The highest BCUT2D eigenvalue weighted by Crippen LogP contribution is 2.13. The minimum atomic E-state index is -0.982. The Bertz CT molecular complexity index is 393. The molecule has 17 heavy (non-hydrogen) atoms. The number of carbonyl (C=O) groups is 1. The van der Waals surface area contributed by atoms with E-state index in [0.717, 1.165) is 5.69 Å². The molecule has 94 valence electrons. The Morgan fingerprint density at radius 3 is 2.88 bits per heavy atom. The molecule has 0 spiro atoms. The fourth-order valence-electron chi connectivity index (χ4n) is 1.45. The van der Waals surface area contributed by atoms with Crippen LogP contribution in [0, 0.1) is 6.92 Å². The smallest absolute Gasteiger partial charge is 0.339 e. The molecule has 0 saturated heterocycles. The van der Waals surface area contributed by atoms with Crippen molar-refractivity contribution in [2.24, 2.45) is 0 Å². The topological polar surface area (TPSA) is 71.5 Å². The number of carboxylic acids is 1. The second-order valence-electron chi connectivity index (χ2n) is 3.80. The predicted octanol–water partition coefficient (Wildman–Crippen LogP) is 1.93. The van der Waals surface area contributed by atoms with Gasteiger partial charge in [-0.2, -0.15) is 0 Å². The zero-order valence-corrected chi connectivity index (χ0v) is 10.4. The summed E-state index contributed by atoms with van der Waals surface area (Å²) in [5, 5.41) is 12.0. The van der Waals surface area contributed by atoms with Crippen molar-refractivity contribution in [1.29, 1.82) is 0 Å². The Morgan fingerprint density at radius 1 is 1.59 bits per heavy atom. The number of hydrogen-bond donors (Lipinski definition) is 2. The average Bonchev–Trinajstić information content (AvgIpc) is 2.26. The Hall–Kier alpha value is -1.62. The first-order chi connectivity index (χ1) is 8.04. The lowest BCUT2D eigenvalue weighted by Gasteiger charge is -2.14. The zero-order valence-electron chi connectivity index (χ0n) is 10.4. The van der Waals surface area contributed by atoms with E-state index in [1.54, 1.807) is 12.1 Å². The lowest BCUT2D eigenvalue weighted by atomic mass is 10.2. The molecule has 5 heteroatoms. The standard InChI is InChI=1S/C12H18N2O3/c1-4-17-9(3)7-13-11-10(12(15)16)6-5-8(2)14-11/h5-6,9H,4,7H2,1-3H3,(H,13,14)(H,15,16). The molecule has 0 saturated carbocycles. The van der Waals surface area contributed by atoms with Crippen molar-refractivity contribution < 1.29 is 14.6 Å². The lowest BCUT2D eigenvalue weighted by molar-refractivity contribution is 0.0696. The van der Waals surface area contributed by atoms with Crippen LogP contribution in [0.4, 0.5) is 5.82 Å². The fraction of sp³-hybridized carbons (Fsp3) is 0.500. The van der Waals surface area contributed by atoms with Crippen molar-refractivity contribution in [2.45, 2.75) is 26.9 Å². The van der Waals surface area contributed by atoms with Crippen LogP contribution in [0.15, 0.2) is 12.1 Å². The minimum absolute atomic E-state index is 0.0176. The van der Waals surface area contributed by atoms with E-state index in [1.165, 1.54) is 0 Å². The van der Waals surface area contributed by atoms with Crippen molar-refractivity contribution in [3.63, 3.8) is 0 Å². The molecule has 0 bridgehead atoms. The molecule has 0 amide bonds. The third kappa shape index (κ3) is 4.03. The minimum Gasteiger partial charge on any atom is -0.478 e. The van der Waals surface area contributed by atoms with Gasteiger partial charge in [0.15, 0.2) is 0 Å². The summed E-state index contributed by atoms with van der Waals surface area (Å²) in [5.74, 6) is -0.590.